The zero-order valence-corrected chi connectivity index (χ0v) is 24.6. The molecule has 5 heterocycles. The third-order valence-electron chi connectivity index (χ3n) is 8.38. The van der Waals surface area contributed by atoms with E-state index in [1.807, 2.05) is 11.4 Å². The van der Waals surface area contributed by atoms with E-state index in [9.17, 15) is 14.7 Å². The molecule has 2 aromatic carbocycles. The molecule has 0 radical (unpaired) electrons. The molecular weight excluding hydrogens is 600 g/mol. The summed E-state index contributed by atoms with van der Waals surface area (Å²) in [4.78, 5) is 39.0. The van der Waals surface area contributed by atoms with Crippen molar-refractivity contribution < 1.29 is 9.90 Å². The fraction of sp³-hybridized carbons (Fsp3) is 0.194. The van der Waals surface area contributed by atoms with Crippen LogP contribution < -0.4 is 5.56 Å². The van der Waals surface area contributed by atoms with Gasteiger partial charge < -0.3 is 10.1 Å². The second-order valence-electron chi connectivity index (χ2n) is 10.9. The molecule has 0 unspecified atom stereocenters. The summed E-state index contributed by atoms with van der Waals surface area (Å²) in [5.41, 5.74) is 7.21. The summed E-state index contributed by atoms with van der Waals surface area (Å²) >= 11 is 7.52. The molecule has 13 heteroatoms. The Hall–Kier alpha value is -4.94. The number of benzene rings is 2. The van der Waals surface area contributed by atoms with E-state index in [0.717, 1.165) is 30.4 Å². The molecule has 2 aliphatic rings. The number of carbonyl (C=O) groups is 1. The molecule has 0 saturated heterocycles. The van der Waals surface area contributed by atoms with E-state index in [4.69, 9.17) is 16.6 Å². The van der Waals surface area contributed by atoms with Crippen LogP contribution in [0, 0.1) is 0 Å². The molecule has 4 aromatic heterocycles. The quantitative estimate of drug-likeness (QED) is 0.252. The average Bonchev–Trinajstić information content (AvgIpc) is 3.85. The Kier molecular flexibility index (Phi) is 6.27. The molecule has 11 nitrogen and oxygen atoms in total. The lowest BCUT2D eigenvalue weighted by molar-refractivity contribution is 0.0703. The minimum absolute atomic E-state index is 0.212. The zero-order valence-electron chi connectivity index (χ0n) is 23.1. The number of nitrogens with zero attached hydrogens (tertiary/aromatic N) is 7. The van der Waals surface area contributed by atoms with Crippen molar-refractivity contribution in [1.82, 2.24) is 39.7 Å². The molecule has 1 aliphatic heterocycles. The van der Waals surface area contributed by atoms with E-state index >= 15 is 0 Å². The Morgan fingerprint density at radius 3 is 2.80 bits per heavy atom. The van der Waals surface area contributed by atoms with Gasteiger partial charge in [-0.05, 0) is 71.0 Å². The van der Waals surface area contributed by atoms with Gasteiger partial charge in [0.1, 0.15) is 22.9 Å². The maximum absolute atomic E-state index is 13.6. The number of hydrogen-bond acceptors (Lipinski definition) is 8. The molecule has 0 fully saturated rings. The van der Waals surface area contributed by atoms with Crippen LogP contribution in [-0.4, -0.2) is 50.8 Å². The van der Waals surface area contributed by atoms with Gasteiger partial charge in [0.15, 0.2) is 0 Å². The van der Waals surface area contributed by atoms with Crippen molar-refractivity contribution in [1.29, 1.82) is 0 Å². The molecule has 1 aliphatic carbocycles. The van der Waals surface area contributed by atoms with E-state index in [0.29, 0.717) is 57.7 Å². The number of fused-ring (bicyclic) bond motifs is 2. The highest BCUT2D eigenvalue weighted by Crippen LogP contribution is 2.41. The van der Waals surface area contributed by atoms with Gasteiger partial charge in [0.25, 0.3) is 5.56 Å². The van der Waals surface area contributed by atoms with Crippen molar-refractivity contribution in [2.24, 2.45) is 0 Å². The monoisotopic (exact) mass is 622 g/mol. The Balaban J connectivity index is 1.16. The Bertz CT molecular complexity index is 2150. The first-order valence-corrected chi connectivity index (χ1v) is 15.4. The number of rotatable bonds is 6. The number of aryl methyl sites for hydroxylation is 3. The SMILES string of the molecule is O=C(O)c1scc(-c2cnc([C@@H]3CCc4nc(-c5cc(Cl)ccc5-n5cnnn5)cc(=O)n43)[nH]2)c1-c1ccc2c(c1)CCC2. The van der Waals surface area contributed by atoms with Crippen LogP contribution in [0.5, 0.6) is 0 Å². The van der Waals surface area contributed by atoms with Crippen LogP contribution in [0.2, 0.25) is 5.02 Å². The fourth-order valence-electron chi connectivity index (χ4n) is 6.40. The number of H-pyrrole nitrogens is 1. The Labute approximate surface area is 258 Å². The average molecular weight is 623 g/mol. The summed E-state index contributed by atoms with van der Waals surface area (Å²) in [5, 5.41) is 23.8. The van der Waals surface area contributed by atoms with Gasteiger partial charge in [-0.15, -0.1) is 16.4 Å². The van der Waals surface area contributed by atoms with Crippen molar-refractivity contribution in [3.63, 3.8) is 0 Å². The summed E-state index contributed by atoms with van der Waals surface area (Å²) in [7, 11) is 0. The molecule has 8 rings (SSSR count). The van der Waals surface area contributed by atoms with Crippen molar-refractivity contribution in [3.8, 4) is 39.3 Å². The summed E-state index contributed by atoms with van der Waals surface area (Å²) in [6, 6.07) is 12.7. The van der Waals surface area contributed by atoms with E-state index < -0.39 is 5.97 Å². The van der Waals surface area contributed by atoms with Gasteiger partial charge in [0.05, 0.1) is 29.3 Å². The maximum atomic E-state index is 13.6. The summed E-state index contributed by atoms with van der Waals surface area (Å²) in [6.45, 7) is 0. The van der Waals surface area contributed by atoms with Crippen molar-refractivity contribution in [3.05, 3.63) is 103 Å². The van der Waals surface area contributed by atoms with E-state index in [2.05, 4.69) is 37.6 Å². The van der Waals surface area contributed by atoms with Gasteiger partial charge in [-0.1, -0.05) is 29.8 Å². The smallest absolute Gasteiger partial charge is 0.346 e. The number of thiophene rings is 1. The van der Waals surface area contributed by atoms with Crippen LogP contribution >= 0.6 is 22.9 Å². The number of aromatic nitrogens is 8. The third kappa shape index (κ3) is 4.37. The second-order valence-corrected chi connectivity index (χ2v) is 12.2. The van der Waals surface area contributed by atoms with Gasteiger partial charge in [0, 0.05) is 39.6 Å². The molecular formula is C31H23ClN8O3S. The number of aromatic amines is 1. The van der Waals surface area contributed by atoms with E-state index in [1.54, 1.807) is 29.0 Å². The third-order valence-corrected chi connectivity index (χ3v) is 9.59. The largest absolute Gasteiger partial charge is 0.477 e. The topological polar surface area (TPSA) is 144 Å². The number of nitrogens with one attached hydrogen (secondary N) is 1. The summed E-state index contributed by atoms with van der Waals surface area (Å²) < 4.78 is 3.17. The zero-order chi connectivity index (χ0) is 29.9. The number of hydrogen-bond donors (Lipinski definition) is 2. The number of aromatic carboxylic acids is 1. The van der Waals surface area contributed by atoms with Crippen LogP contribution in [-0.2, 0) is 19.3 Å². The fourth-order valence-corrected chi connectivity index (χ4v) is 7.49. The standard InChI is InChI=1S/C31H23ClN8O3S/c32-19-6-7-24(39-15-34-37-38-39)20(11-19)22-12-27(41)40-25(8-9-26(40)35-22)30-33-13-23(36-30)21-14-44-29(31(42)43)28(21)18-5-4-16-2-1-3-17(16)10-18/h4-7,10-15,25H,1-3,8-9H2,(H,33,36)(H,42,43)/t25-/m0/s1. The second kappa shape index (κ2) is 10.4. The van der Waals surface area contributed by atoms with Crippen LogP contribution in [0.25, 0.3) is 39.3 Å². The molecule has 218 valence electrons. The molecule has 6 aromatic rings. The lowest BCUT2D eigenvalue weighted by atomic mass is 9.97. The molecule has 44 heavy (non-hydrogen) atoms. The maximum Gasteiger partial charge on any atom is 0.346 e. The highest BCUT2D eigenvalue weighted by Gasteiger charge is 2.30. The molecule has 2 N–H and O–H groups in total. The normalized spacial score (nSPS) is 15.4. The predicted octanol–water partition coefficient (Wildman–Crippen LogP) is 5.38. The van der Waals surface area contributed by atoms with Crippen molar-refractivity contribution in [2.75, 3.05) is 0 Å². The Morgan fingerprint density at radius 2 is 1.95 bits per heavy atom. The number of carboxylic acid groups (broad SMARTS) is 1. The van der Waals surface area contributed by atoms with Gasteiger partial charge in [-0.2, -0.15) is 4.68 Å². The van der Waals surface area contributed by atoms with Crippen LogP contribution in [0.15, 0.2) is 65.2 Å². The lowest BCUT2D eigenvalue weighted by Crippen LogP contribution is -2.25. The molecule has 0 amide bonds. The van der Waals surface area contributed by atoms with Crippen LogP contribution in [0.4, 0.5) is 0 Å². The predicted molar refractivity (Wildman–Crippen MR) is 164 cm³/mol. The number of tetrazole rings is 1. The van der Waals surface area contributed by atoms with E-state index in [-0.39, 0.29) is 16.5 Å². The first-order valence-electron chi connectivity index (χ1n) is 14.1. The lowest BCUT2D eigenvalue weighted by Gasteiger charge is -2.14. The van der Waals surface area contributed by atoms with E-state index in [1.165, 1.54) is 39.5 Å². The number of imidazole rings is 1. The van der Waals surface area contributed by atoms with Crippen molar-refractivity contribution >= 4 is 28.9 Å². The number of halogens is 1. The highest BCUT2D eigenvalue weighted by molar-refractivity contribution is 7.13. The van der Waals surface area contributed by atoms with Gasteiger partial charge in [-0.3, -0.25) is 9.36 Å². The highest BCUT2D eigenvalue weighted by atomic mass is 35.5. The van der Waals surface area contributed by atoms with Gasteiger partial charge in [-0.25, -0.2) is 14.8 Å². The van der Waals surface area contributed by atoms with Crippen LogP contribution in [0.1, 0.15) is 51.3 Å². The van der Waals surface area contributed by atoms with Gasteiger partial charge in [0.2, 0.25) is 0 Å². The minimum Gasteiger partial charge on any atom is -0.477 e. The first-order chi connectivity index (χ1) is 21.4. The van der Waals surface area contributed by atoms with Crippen LogP contribution in [0.3, 0.4) is 0 Å². The first kappa shape index (κ1) is 26.7. The molecule has 0 saturated carbocycles. The minimum atomic E-state index is -0.961. The van der Waals surface area contributed by atoms with Gasteiger partial charge >= 0.3 is 5.97 Å². The Morgan fingerprint density at radius 1 is 1.07 bits per heavy atom. The summed E-state index contributed by atoms with van der Waals surface area (Å²) in [6.07, 6.45) is 7.57. The molecule has 0 spiro atoms. The number of carboxylic acids is 1. The summed E-state index contributed by atoms with van der Waals surface area (Å²) in [5.74, 6) is 0.300. The van der Waals surface area contributed by atoms with Crippen molar-refractivity contribution in [2.45, 2.75) is 38.1 Å². The molecule has 1 atom stereocenters. The molecule has 0 bridgehead atoms.